The van der Waals surface area contributed by atoms with Crippen molar-refractivity contribution in [2.75, 3.05) is 10.7 Å². The molecule has 1 amide bonds. The molecule has 0 aliphatic rings. The number of benzene rings is 2. The molecule has 0 bridgehead atoms. The van der Waals surface area contributed by atoms with Gasteiger partial charge in [-0.3, -0.25) is 25.8 Å². The topological polar surface area (TPSA) is 135 Å². The maximum atomic E-state index is 12.6. The molecule has 0 aliphatic carbocycles. The van der Waals surface area contributed by atoms with Crippen molar-refractivity contribution in [3.05, 3.63) is 76.0 Å². The molecule has 4 aromatic rings. The van der Waals surface area contributed by atoms with E-state index in [1.807, 2.05) is 30.3 Å². The van der Waals surface area contributed by atoms with Gasteiger partial charge in [0.25, 0.3) is 5.91 Å². The van der Waals surface area contributed by atoms with Crippen LogP contribution in [0.5, 0.6) is 0 Å². The Bertz CT molecular complexity index is 1190. The predicted octanol–water partition coefficient (Wildman–Crippen LogP) is 3.50. The average Bonchev–Trinajstić information content (AvgIpc) is 3.24. The number of carbonyl (C=O) groups excluding carboxylic acids is 1. The number of hydrogen-bond donors (Lipinski definition) is 3. The lowest BCUT2D eigenvalue weighted by molar-refractivity contribution is -0.383. The molecule has 10 nitrogen and oxygen atoms in total. The second-order valence-electron chi connectivity index (χ2n) is 5.74. The van der Waals surface area contributed by atoms with Crippen LogP contribution in [0.1, 0.15) is 10.4 Å². The van der Waals surface area contributed by atoms with Crippen LogP contribution in [0, 0.1) is 10.1 Å². The number of hydrazine groups is 1. The van der Waals surface area contributed by atoms with Crippen molar-refractivity contribution in [3.8, 4) is 0 Å². The number of aromatic nitrogens is 3. The molecule has 0 spiro atoms. The Balaban J connectivity index is 1.59. The molecule has 0 atom stereocenters. The van der Waals surface area contributed by atoms with Crippen LogP contribution in [0.2, 0.25) is 0 Å². The molecule has 0 unspecified atom stereocenters. The van der Waals surface area contributed by atoms with E-state index in [1.165, 1.54) is 11.3 Å². The highest BCUT2D eigenvalue weighted by molar-refractivity contribution is 7.13. The van der Waals surface area contributed by atoms with Gasteiger partial charge >= 0.3 is 5.69 Å². The van der Waals surface area contributed by atoms with E-state index >= 15 is 0 Å². The lowest BCUT2D eigenvalue weighted by Crippen LogP contribution is -2.30. The molecule has 0 saturated carbocycles. The van der Waals surface area contributed by atoms with Crippen molar-refractivity contribution in [1.29, 1.82) is 0 Å². The van der Waals surface area contributed by atoms with Gasteiger partial charge in [0, 0.05) is 17.1 Å². The van der Waals surface area contributed by atoms with Crippen LogP contribution in [0.25, 0.3) is 10.8 Å². The van der Waals surface area contributed by atoms with Crippen LogP contribution in [0.3, 0.4) is 0 Å². The monoisotopic (exact) mass is 407 g/mol. The normalized spacial score (nSPS) is 10.5. The first-order valence-electron chi connectivity index (χ1n) is 8.33. The Morgan fingerprint density at radius 3 is 2.62 bits per heavy atom. The first-order chi connectivity index (χ1) is 14.1. The molecule has 2 aromatic heterocycles. The zero-order valence-electron chi connectivity index (χ0n) is 14.7. The van der Waals surface area contributed by atoms with E-state index in [0.717, 1.165) is 17.1 Å². The van der Waals surface area contributed by atoms with Crippen LogP contribution in [0.4, 0.5) is 22.5 Å². The summed E-state index contributed by atoms with van der Waals surface area (Å²) in [7, 11) is 0. The molecule has 2 aromatic carbocycles. The van der Waals surface area contributed by atoms with E-state index in [0.29, 0.717) is 10.7 Å². The van der Waals surface area contributed by atoms with Gasteiger partial charge in [0.15, 0.2) is 5.13 Å². The van der Waals surface area contributed by atoms with Crippen LogP contribution in [-0.2, 0) is 0 Å². The minimum atomic E-state index is -0.637. The second-order valence-corrected chi connectivity index (χ2v) is 6.64. The lowest BCUT2D eigenvalue weighted by Gasteiger charge is -2.11. The molecule has 29 heavy (non-hydrogen) atoms. The zero-order chi connectivity index (χ0) is 20.2. The SMILES string of the molecule is O=C(NNc1ncnc(Nc2nccs2)c1[N+](=O)[O-])c1cccc2ccccc12. The Kier molecular flexibility index (Phi) is 4.95. The molecule has 0 aliphatic heterocycles. The Morgan fingerprint density at radius 1 is 1.03 bits per heavy atom. The first-order valence-corrected chi connectivity index (χ1v) is 9.21. The molecule has 4 rings (SSSR count). The van der Waals surface area contributed by atoms with Crippen LogP contribution in [-0.4, -0.2) is 25.8 Å². The van der Waals surface area contributed by atoms with Crippen molar-refractivity contribution < 1.29 is 9.72 Å². The Hall–Kier alpha value is -4.12. The van der Waals surface area contributed by atoms with Crippen LogP contribution >= 0.6 is 11.3 Å². The number of anilines is 3. The number of rotatable bonds is 6. The van der Waals surface area contributed by atoms with Crippen molar-refractivity contribution in [1.82, 2.24) is 20.4 Å². The number of nitrogens with one attached hydrogen (secondary N) is 3. The number of thiazole rings is 1. The van der Waals surface area contributed by atoms with Gasteiger partial charge in [0.05, 0.1) is 4.92 Å². The van der Waals surface area contributed by atoms with E-state index in [1.54, 1.807) is 23.7 Å². The van der Waals surface area contributed by atoms with Gasteiger partial charge in [-0.2, -0.15) is 0 Å². The minimum Gasteiger partial charge on any atom is -0.310 e. The van der Waals surface area contributed by atoms with Gasteiger partial charge < -0.3 is 5.32 Å². The van der Waals surface area contributed by atoms with Gasteiger partial charge in [-0.1, -0.05) is 36.4 Å². The van der Waals surface area contributed by atoms with E-state index in [9.17, 15) is 14.9 Å². The third-order valence-corrected chi connectivity index (χ3v) is 4.68. The second kappa shape index (κ2) is 7.86. The molecular weight excluding hydrogens is 394 g/mol. The van der Waals surface area contributed by atoms with Gasteiger partial charge in [-0.05, 0) is 16.8 Å². The summed E-state index contributed by atoms with van der Waals surface area (Å²) in [6, 6.07) is 12.8. The van der Waals surface area contributed by atoms with Crippen molar-refractivity contribution in [2.45, 2.75) is 0 Å². The molecule has 11 heteroatoms. The third kappa shape index (κ3) is 3.80. The molecule has 3 N–H and O–H groups in total. The Labute approximate surface area is 167 Å². The van der Waals surface area contributed by atoms with E-state index in [2.05, 4.69) is 31.1 Å². The molecule has 0 saturated heterocycles. The number of nitrogens with zero attached hydrogens (tertiary/aromatic N) is 4. The molecule has 0 fully saturated rings. The fourth-order valence-corrected chi connectivity index (χ4v) is 3.26. The number of hydrogen-bond acceptors (Lipinski definition) is 9. The standard InChI is InChI=1S/C18H13N7O3S/c26-17(13-7-3-5-11-4-1-2-6-12(11)13)24-23-16-14(25(27)28)15(20-10-21-16)22-18-19-8-9-29-18/h1-10H,(H,24,26)(H2,19,20,21,22,23). The Morgan fingerprint density at radius 2 is 1.83 bits per heavy atom. The highest BCUT2D eigenvalue weighted by atomic mass is 32.1. The van der Waals surface area contributed by atoms with Gasteiger partial charge in [-0.25, -0.2) is 15.0 Å². The maximum Gasteiger partial charge on any atom is 0.355 e. The summed E-state index contributed by atoms with van der Waals surface area (Å²) < 4.78 is 0. The van der Waals surface area contributed by atoms with E-state index in [-0.39, 0.29) is 11.6 Å². The maximum absolute atomic E-state index is 12.6. The summed E-state index contributed by atoms with van der Waals surface area (Å²) in [5.41, 5.74) is 5.00. The fraction of sp³-hybridized carbons (Fsp3) is 0. The van der Waals surface area contributed by atoms with Crippen molar-refractivity contribution in [3.63, 3.8) is 0 Å². The molecular formula is C18H13N7O3S. The molecule has 0 radical (unpaired) electrons. The van der Waals surface area contributed by atoms with Gasteiger partial charge in [-0.15, -0.1) is 11.3 Å². The first kappa shape index (κ1) is 18.3. The summed E-state index contributed by atoms with van der Waals surface area (Å²) in [5, 5.41) is 18.2. The van der Waals surface area contributed by atoms with Crippen molar-refractivity contribution in [2.24, 2.45) is 0 Å². The predicted molar refractivity (Wildman–Crippen MR) is 109 cm³/mol. The summed E-state index contributed by atoms with van der Waals surface area (Å²) >= 11 is 1.27. The average molecular weight is 407 g/mol. The van der Waals surface area contributed by atoms with Crippen molar-refractivity contribution >= 4 is 50.5 Å². The smallest absolute Gasteiger partial charge is 0.310 e. The minimum absolute atomic E-state index is 0.0399. The quantitative estimate of drug-likeness (QED) is 0.326. The summed E-state index contributed by atoms with van der Waals surface area (Å²) in [4.78, 5) is 35.4. The van der Waals surface area contributed by atoms with E-state index in [4.69, 9.17) is 0 Å². The van der Waals surface area contributed by atoms with Gasteiger partial charge in [0.2, 0.25) is 11.6 Å². The van der Waals surface area contributed by atoms with E-state index < -0.39 is 16.5 Å². The van der Waals surface area contributed by atoms with Gasteiger partial charge in [0.1, 0.15) is 6.33 Å². The summed E-state index contributed by atoms with van der Waals surface area (Å²) in [5.74, 6) is -0.649. The fourth-order valence-electron chi connectivity index (χ4n) is 2.73. The third-order valence-electron chi connectivity index (χ3n) is 3.99. The number of carbonyl (C=O) groups is 1. The van der Waals surface area contributed by atoms with Crippen LogP contribution in [0.15, 0.2) is 60.4 Å². The lowest BCUT2D eigenvalue weighted by atomic mass is 10.0. The summed E-state index contributed by atoms with van der Waals surface area (Å²) in [6.45, 7) is 0. The number of fused-ring (bicyclic) bond motifs is 1. The molecule has 144 valence electrons. The largest absolute Gasteiger partial charge is 0.355 e. The summed E-state index contributed by atoms with van der Waals surface area (Å²) in [6.07, 6.45) is 2.71. The highest BCUT2D eigenvalue weighted by Gasteiger charge is 2.24. The molecule has 2 heterocycles. The number of amides is 1. The highest BCUT2D eigenvalue weighted by Crippen LogP contribution is 2.31. The zero-order valence-corrected chi connectivity index (χ0v) is 15.5. The number of nitro groups is 1. The van der Waals surface area contributed by atoms with Crippen LogP contribution < -0.4 is 16.2 Å².